The molecule has 0 atom stereocenters. The van der Waals surface area contributed by atoms with Crippen molar-refractivity contribution in [1.29, 1.82) is 0 Å². The third-order valence-electron chi connectivity index (χ3n) is 2.13. The molecular formula is C9H12N2O. The van der Waals surface area contributed by atoms with Crippen molar-refractivity contribution in [2.45, 2.75) is 6.92 Å². The first-order valence-corrected chi connectivity index (χ1v) is 4.05. The molecule has 12 heavy (non-hydrogen) atoms. The Morgan fingerprint density at radius 3 is 3.17 bits per heavy atom. The second kappa shape index (κ2) is 2.59. The molecule has 0 spiro atoms. The van der Waals surface area contributed by atoms with Gasteiger partial charge >= 0.3 is 0 Å². The molecule has 0 aromatic heterocycles. The van der Waals surface area contributed by atoms with Gasteiger partial charge in [-0.3, -0.25) is 0 Å². The zero-order valence-electron chi connectivity index (χ0n) is 7.05. The van der Waals surface area contributed by atoms with Gasteiger partial charge in [0.25, 0.3) is 0 Å². The number of nitrogens with one attached hydrogen (secondary N) is 1. The molecule has 64 valence electrons. The number of hydrogen-bond acceptors (Lipinski definition) is 3. The molecule has 0 aliphatic carbocycles. The van der Waals surface area contributed by atoms with Gasteiger partial charge in [-0.2, -0.15) is 0 Å². The molecule has 3 heteroatoms. The van der Waals surface area contributed by atoms with Crippen LogP contribution >= 0.6 is 0 Å². The number of hydrogen-bond donors (Lipinski definition) is 2. The third kappa shape index (κ3) is 0.978. The number of anilines is 2. The molecule has 0 bridgehead atoms. The topological polar surface area (TPSA) is 47.3 Å². The van der Waals surface area contributed by atoms with E-state index < -0.39 is 0 Å². The van der Waals surface area contributed by atoms with Crippen LogP contribution in [-0.4, -0.2) is 13.2 Å². The lowest BCUT2D eigenvalue weighted by atomic mass is 10.1. The highest BCUT2D eigenvalue weighted by molar-refractivity contribution is 5.70. The van der Waals surface area contributed by atoms with E-state index in [0.717, 1.165) is 35.8 Å². The second-order valence-corrected chi connectivity index (χ2v) is 2.93. The lowest BCUT2D eigenvalue weighted by Gasteiger charge is -2.21. The molecule has 0 fully saturated rings. The maximum absolute atomic E-state index is 5.75. The molecule has 1 aliphatic heterocycles. The van der Waals surface area contributed by atoms with Crippen LogP contribution in [0.25, 0.3) is 0 Å². The normalized spacial score (nSPS) is 14.4. The summed E-state index contributed by atoms with van der Waals surface area (Å²) in [5, 5.41) is 3.27. The fourth-order valence-corrected chi connectivity index (χ4v) is 1.38. The minimum absolute atomic E-state index is 0.732. The summed E-state index contributed by atoms with van der Waals surface area (Å²) in [6.07, 6.45) is 0. The van der Waals surface area contributed by atoms with E-state index in [1.54, 1.807) is 0 Å². The van der Waals surface area contributed by atoms with E-state index in [4.69, 9.17) is 10.5 Å². The van der Waals surface area contributed by atoms with Crippen LogP contribution in [0.1, 0.15) is 5.56 Å². The summed E-state index contributed by atoms with van der Waals surface area (Å²) in [7, 11) is 0. The van der Waals surface area contributed by atoms with Gasteiger partial charge in [-0.05, 0) is 24.6 Å². The van der Waals surface area contributed by atoms with Crippen molar-refractivity contribution in [2.75, 3.05) is 24.2 Å². The monoisotopic (exact) mass is 164 g/mol. The number of nitrogen functional groups attached to an aromatic ring is 1. The summed E-state index contributed by atoms with van der Waals surface area (Å²) in [4.78, 5) is 0. The number of nitrogens with two attached hydrogens (primary N) is 1. The zero-order valence-corrected chi connectivity index (χ0v) is 7.05. The minimum atomic E-state index is 0.732. The Morgan fingerprint density at radius 2 is 2.33 bits per heavy atom. The SMILES string of the molecule is Cc1c(N)ccc2c1NCCO2. The molecular weight excluding hydrogens is 152 g/mol. The van der Waals surface area contributed by atoms with Gasteiger partial charge in [-0.15, -0.1) is 0 Å². The summed E-state index contributed by atoms with van der Waals surface area (Å²) < 4.78 is 5.44. The smallest absolute Gasteiger partial charge is 0.142 e. The first kappa shape index (κ1) is 7.28. The molecule has 3 nitrogen and oxygen atoms in total. The van der Waals surface area contributed by atoms with Crippen LogP contribution in [0.2, 0.25) is 0 Å². The van der Waals surface area contributed by atoms with E-state index in [1.807, 2.05) is 19.1 Å². The number of ether oxygens (including phenoxy) is 1. The third-order valence-corrected chi connectivity index (χ3v) is 2.13. The van der Waals surface area contributed by atoms with Crippen molar-refractivity contribution in [3.63, 3.8) is 0 Å². The minimum Gasteiger partial charge on any atom is -0.490 e. The average Bonchev–Trinajstić information content (AvgIpc) is 2.12. The summed E-state index contributed by atoms with van der Waals surface area (Å²) >= 11 is 0. The number of benzene rings is 1. The molecule has 1 aromatic carbocycles. The maximum atomic E-state index is 5.75. The van der Waals surface area contributed by atoms with Crippen molar-refractivity contribution in [3.05, 3.63) is 17.7 Å². The lowest BCUT2D eigenvalue weighted by molar-refractivity contribution is 0.323. The Hall–Kier alpha value is -1.38. The van der Waals surface area contributed by atoms with E-state index in [2.05, 4.69) is 5.32 Å². The summed E-state index contributed by atoms with van der Waals surface area (Å²) in [6, 6.07) is 3.78. The molecule has 2 rings (SSSR count). The summed E-state index contributed by atoms with van der Waals surface area (Å²) in [5.41, 5.74) is 8.68. The van der Waals surface area contributed by atoms with Crippen molar-refractivity contribution in [3.8, 4) is 5.75 Å². The predicted molar refractivity (Wildman–Crippen MR) is 49.6 cm³/mol. The molecule has 0 saturated heterocycles. The van der Waals surface area contributed by atoms with E-state index in [-0.39, 0.29) is 0 Å². The summed E-state index contributed by atoms with van der Waals surface area (Å²) in [6.45, 7) is 3.59. The van der Waals surface area contributed by atoms with E-state index in [9.17, 15) is 0 Å². The standard InChI is InChI=1S/C9H12N2O/c1-6-7(10)2-3-8-9(6)11-4-5-12-8/h2-3,11H,4-5,10H2,1H3. The molecule has 3 N–H and O–H groups in total. The molecule has 0 unspecified atom stereocenters. The molecule has 0 radical (unpaired) electrons. The Bertz CT molecular complexity index is 310. The van der Waals surface area contributed by atoms with Gasteiger partial charge in [-0.1, -0.05) is 0 Å². The van der Waals surface area contributed by atoms with Gasteiger partial charge in [0.2, 0.25) is 0 Å². The van der Waals surface area contributed by atoms with Gasteiger partial charge in [0.15, 0.2) is 0 Å². The lowest BCUT2D eigenvalue weighted by Crippen LogP contribution is -2.19. The zero-order chi connectivity index (χ0) is 8.55. The Morgan fingerprint density at radius 1 is 1.50 bits per heavy atom. The maximum Gasteiger partial charge on any atom is 0.142 e. The van der Waals surface area contributed by atoms with E-state index in [1.165, 1.54) is 0 Å². The van der Waals surface area contributed by atoms with Crippen LogP contribution in [0.5, 0.6) is 5.75 Å². The van der Waals surface area contributed by atoms with Gasteiger partial charge in [0.05, 0.1) is 5.69 Å². The fraction of sp³-hybridized carbons (Fsp3) is 0.333. The van der Waals surface area contributed by atoms with Crippen LogP contribution in [0.15, 0.2) is 12.1 Å². The first-order chi connectivity index (χ1) is 5.79. The average molecular weight is 164 g/mol. The molecule has 0 amide bonds. The van der Waals surface area contributed by atoms with Gasteiger partial charge < -0.3 is 15.8 Å². The van der Waals surface area contributed by atoms with Gasteiger partial charge in [0.1, 0.15) is 12.4 Å². The highest BCUT2D eigenvalue weighted by Crippen LogP contribution is 2.33. The number of rotatable bonds is 0. The van der Waals surface area contributed by atoms with Crippen molar-refractivity contribution < 1.29 is 4.74 Å². The first-order valence-electron chi connectivity index (χ1n) is 4.05. The van der Waals surface area contributed by atoms with Crippen molar-refractivity contribution in [2.24, 2.45) is 0 Å². The highest BCUT2D eigenvalue weighted by Gasteiger charge is 2.12. The van der Waals surface area contributed by atoms with Gasteiger partial charge in [0, 0.05) is 12.2 Å². The van der Waals surface area contributed by atoms with Crippen LogP contribution in [0.4, 0.5) is 11.4 Å². The molecule has 0 saturated carbocycles. The van der Waals surface area contributed by atoms with Crippen molar-refractivity contribution in [1.82, 2.24) is 0 Å². The van der Waals surface area contributed by atoms with Crippen LogP contribution < -0.4 is 15.8 Å². The van der Waals surface area contributed by atoms with E-state index in [0.29, 0.717) is 0 Å². The van der Waals surface area contributed by atoms with Crippen LogP contribution in [0, 0.1) is 6.92 Å². The summed E-state index contributed by atoms with van der Waals surface area (Å²) in [5.74, 6) is 0.910. The van der Waals surface area contributed by atoms with Crippen molar-refractivity contribution >= 4 is 11.4 Å². The largest absolute Gasteiger partial charge is 0.490 e. The highest BCUT2D eigenvalue weighted by atomic mass is 16.5. The Kier molecular flexibility index (Phi) is 1.57. The number of fused-ring (bicyclic) bond motifs is 1. The molecule has 1 heterocycles. The Labute approximate surface area is 71.5 Å². The molecule has 1 aromatic rings. The fourth-order valence-electron chi connectivity index (χ4n) is 1.38. The van der Waals surface area contributed by atoms with E-state index >= 15 is 0 Å². The predicted octanol–water partition coefficient (Wildman–Crippen LogP) is 1.38. The van der Waals surface area contributed by atoms with Crippen LogP contribution in [0.3, 0.4) is 0 Å². The molecule has 1 aliphatic rings. The van der Waals surface area contributed by atoms with Crippen LogP contribution in [-0.2, 0) is 0 Å². The van der Waals surface area contributed by atoms with Gasteiger partial charge in [-0.25, -0.2) is 0 Å². The second-order valence-electron chi connectivity index (χ2n) is 2.93. The quantitative estimate of drug-likeness (QED) is 0.569. The Balaban J connectivity index is 2.54.